The molecule has 0 fully saturated rings. The third-order valence-corrected chi connectivity index (χ3v) is 3.01. The van der Waals surface area contributed by atoms with Crippen molar-refractivity contribution in [1.29, 1.82) is 0 Å². The van der Waals surface area contributed by atoms with Crippen LogP contribution in [0.2, 0.25) is 0 Å². The highest BCUT2D eigenvalue weighted by atomic mass is 16.7. The number of carbonyl (C=O) groups excluding carboxylic acids is 1. The van der Waals surface area contributed by atoms with Crippen LogP contribution in [-0.4, -0.2) is 21.1 Å². The first kappa shape index (κ1) is 13.1. The summed E-state index contributed by atoms with van der Waals surface area (Å²) in [6.45, 7) is 2.02. The van der Waals surface area contributed by atoms with Gasteiger partial charge in [-0.15, -0.1) is 5.10 Å². The van der Waals surface area contributed by atoms with Crippen molar-refractivity contribution in [3.63, 3.8) is 0 Å². The summed E-state index contributed by atoms with van der Waals surface area (Å²) in [6, 6.07) is 16.6. The van der Waals surface area contributed by atoms with Gasteiger partial charge in [0.15, 0.2) is 0 Å². The molecule has 3 aromatic rings. The molecule has 0 saturated carbocycles. The third kappa shape index (κ3) is 2.97. The van der Waals surface area contributed by atoms with Crippen molar-refractivity contribution in [1.82, 2.24) is 15.2 Å². The highest BCUT2D eigenvalue weighted by Crippen LogP contribution is 2.16. The molecule has 0 unspecified atom stereocenters. The van der Waals surface area contributed by atoms with Gasteiger partial charge in [0, 0.05) is 5.56 Å². The largest absolute Gasteiger partial charge is 0.365 e. The molecule has 1 aromatic heterocycles. The van der Waals surface area contributed by atoms with Crippen molar-refractivity contribution in [2.75, 3.05) is 0 Å². The minimum absolute atomic E-state index is 0.463. The van der Waals surface area contributed by atoms with Gasteiger partial charge in [0.05, 0.1) is 11.8 Å². The number of nitrogens with zero attached hydrogens (tertiary/aromatic N) is 3. The summed E-state index contributed by atoms with van der Waals surface area (Å²) in [5, 5.41) is 7.80. The molecular weight excluding hydrogens is 266 g/mol. The number of aromatic nitrogens is 3. The normalized spacial score (nSPS) is 10.3. The summed E-state index contributed by atoms with van der Waals surface area (Å²) in [5.74, 6) is -0.476. The van der Waals surface area contributed by atoms with Gasteiger partial charge in [-0.25, -0.2) is 4.79 Å². The zero-order chi connectivity index (χ0) is 14.7. The maximum absolute atomic E-state index is 11.9. The molecule has 0 aliphatic carbocycles. The fraction of sp³-hybridized carbons (Fsp3) is 0.0625. The van der Waals surface area contributed by atoms with Crippen LogP contribution in [0.1, 0.15) is 15.9 Å². The van der Waals surface area contributed by atoms with E-state index in [1.54, 1.807) is 30.5 Å². The predicted octanol–water partition coefficient (Wildman–Crippen LogP) is 2.52. The molecule has 0 bridgehead atoms. The van der Waals surface area contributed by atoms with Gasteiger partial charge in [-0.05, 0) is 24.3 Å². The van der Waals surface area contributed by atoms with Crippen LogP contribution in [0.25, 0.3) is 11.3 Å². The molecule has 104 valence electrons. The lowest BCUT2D eigenvalue weighted by molar-refractivity contribution is 0.0384. The van der Waals surface area contributed by atoms with Gasteiger partial charge in [0.2, 0.25) is 0 Å². The van der Waals surface area contributed by atoms with Crippen molar-refractivity contribution in [2.45, 2.75) is 6.92 Å². The molecule has 0 atom stereocenters. The topological polar surface area (TPSA) is 57.0 Å². The van der Waals surface area contributed by atoms with Crippen LogP contribution in [0, 0.1) is 6.92 Å². The van der Waals surface area contributed by atoms with Gasteiger partial charge < -0.3 is 4.84 Å². The summed E-state index contributed by atoms with van der Waals surface area (Å²) < 4.78 is 0. The highest BCUT2D eigenvalue weighted by Gasteiger charge is 2.10. The Morgan fingerprint density at radius 2 is 1.76 bits per heavy atom. The van der Waals surface area contributed by atoms with E-state index in [2.05, 4.69) is 10.3 Å². The van der Waals surface area contributed by atoms with Gasteiger partial charge in [0.25, 0.3) is 0 Å². The summed E-state index contributed by atoms with van der Waals surface area (Å²) >= 11 is 0. The van der Waals surface area contributed by atoms with Crippen LogP contribution in [0.4, 0.5) is 0 Å². The molecule has 5 nitrogen and oxygen atoms in total. The van der Waals surface area contributed by atoms with Crippen LogP contribution >= 0.6 is 0 Å². The van der Waals surface area contributed by atoms with E-state index in [1.807, 2.05) is 37.3 Å². The Kier molecular flexibility index (Phi) is 3.47. The van der Waals surface area contributed by atoms with Gasteiger partial charge in [0.1, 0.15) is 5.69 Å². The first-order chi connectivity index (χ1) is 10.2. The second-order valence-electron chi connectivity index (χ2n) is 4.62. The zero-order valence-corrected chi connectivity index (χ0v) is 11.4. The second-order valence-corrected chi connectivity index (χ2v) is 4.62. The van der Waals surface area contributed by atoms with Crippen LogP contribution < -0.4 is 4.84 Å². The van der Waals surface area contributed by atoms with Gasteiger partial charge in [-0.1, -0.05) is 52.9 Å². The van der Waals surface area contributed by atoms with Crippen molar-refractivity contribution in [2.24, 2.45) is 0 Å². The summed E-state index contributed by atoms with van der Waals surface area (Å²) in [4.78, 5) is 18.1. The minimum Gasteiger partial charge on any atom is -0.312 e. The molecule has 5 heteroatoms. The van der Waals surface area contributed by atoms with E-state index in [-0.39, 0.29) is 0 Å². The van der Waals surface area contributed by atoms with Gasteiger partial charge in [-0.3, -0.25) is 0 Å². The van der Waals surface area contributed by atoms with E-state index in [4.69, 9.17) is 4.84 Å². The Labute approximate surface area is 121 Å². The monoisotopic (exact) mass is 279 g/mol. The molecular formula is C16H13N3O2. The molecule has 2 aromatic carbocycles. The molecule has 0 aliphatic rings. The van der Waals surface area contributed by atoms with Crippen molar-refractivity contribution >= 4 is 5.97 Å². The summed E-state index contributed by atoms with van der Waals surface area (Å²) in [6.07, 6.45) is 1.57. The van der Waals surface area contributed by atoms with E-state index < -0.39 is 5.97 Å². The Morgan fingerprint density at radius 1 is 1.05 bits per heavy atom. The second kappa shape index (κ2) is 5.58. The molecule has 3 rings (SSSR count). The van der Waals surface area contributed by atoms with Crippen LogP contribution in [0.5, 0.6) is 0 Å². The molecule has 0 amide bonds. The lowest BCUT2D eigenvalue weighted by Crippen LogP contribution is -2.20. The number of benzene rings is 2. The molecule has 1 heterocycles. The molecule has 0 saturated heterocycles. The predicted molar refractivity (Wildman–Crippen MR) is 77.5 cm³/mol. The Hall–Kier alpha value is -2.95. The summed E-state index contributed by atoms with van der Waals surface area (Å²) in [7, 11) is 0. The Balaban J connectivity index is 1.76. The van der Waals surface area contributed by atoms with E-state index in [1.165, 1.54) is 5.56 Å². The maximum Gasteiger partial charge on any atom is 0.365 e. The molecule has 0 N–H and O–H groups in total. The first-order valence-corrected chi connectivity index (χ1v) is 6.49. The average molecular weight is 279 g/mol. The number of hydrogen-bond acceptors (Lipinski definition) is 4. The third-order valence-electron chi connectivity index (χ3n) is 3.01. The number of rotatable bonds is 3. The molecule has 0 spiro atoms. The van der Waals surface area contributed by atoms with E-state index in [0.717, 1.165) is 10.4 Å². The average Bonchev–Trinajstić information content (AvgIpc) is 2.97. The fourth-order valence-electron chi connectivity index (χ4n) is 1.86. The Morgan fingerprint density at radius 3 is 2.48 bits per heavy atom. The fourth-order valence-corrected chi connectivity index (χ4v) is 1.86. The molecule has 0 aliphatic heterocycles. The van der Waals surface area contributed by atoms with Gasteiger partial charge in [-0.2, -0.15) is 0 Å². The molecule has 21 heavy (non-hydrogen) atoms. The van der Waals surface area contributed by atoms with E-state index in [9.17, 15) is 4.79 Å². The maximum atomic E-state index is 11.9. The zero-order valence-electron chi connectivity index (χ0n) is 11.4. The number of carbonyl (C=O) groups is 1. The standard InChI is InChI=1S/C16H13N3O2/c1-12-7-9-13(10-8-12)15-11-19(18-17-15)21-16(20)14-5-3-2-4-6-14/h2-11H,1H3. The minimum atomic E-state index is -0.476. The van der Waals surface area contributed by atoms with Gasteiger partial charge >= 0.3 is 5.97 Å². The smallest absolute Gasteiger partial charge is 0.312 e. The number of hydrogen-bond donors (Lipinski definition) is 0. The van der Waals surface area contributed by atoms with Crippen LogP contribution in [-0.2, 0) is 0 Å². The molecule has 0 radical (unpaired) electrons. The quantitative estimate of drug-likeness (QED) is 0.691. The van der Waals surface area contributed by atoms with Crippen LogP contribution in [0.15, 0.2) is 60.8 Å². The highest BCUT2D eigenvalue weighted by molar-refractivity contribution is 5.89. The lowest BCUT2D eigenvalue weighted by atomic mass is 10.1. The van der Waals surface area contributed by atoms with Crippen molar-refractivity contribution in [3.8, 4) is 11.3 Å². The van der Waals surface area contributed by atoms with E-state index >= 15 is 0 Å². The van der Waals surface area contributed by atoms with Crippen molar-refractivity contribution in [3.05, 3.63) is 71.9 Å². The lowest BCUT2D eigenvalue weighted by Gasteiger charge is -2.01. The summed E-state index contributed by atoms with van der Waals surface area (Å²) in [5.41, 5.74) is 3.20. The van der Waals surface area contributed by atoms with Crippen LogP contribution in [0.3, 0.4) is 0 Å². The van der Waals surface area contributed by atoms with E-state index in [0.29, 0.717) is 11.3 Å². The first-order valence-electron chi connectivity index (χ1n) is 6.49. The van der Waals surface area contributed by atoms with Crippen molar-refractivity contribution < 1.29 is 9.63 Å². The Bertz CT molecular complexity index is 749. The number of aryl methyl sites for hydroxylation is 1. The SMILES string of the molecule is Cc1ccc(-c2cn(OC(=O)c3ccccc3)nn2)cc1.